The van der Waals surface area contributed by atoms with Crippen LogP contribution in [0, 0.1) is 6.92 Å². The Morgan fingerprint density at radius 2 is 1.79 bits per heavy atom. The predicted octanol–water partition coefficient (Wildman–Crippen LogP) is 4.17. The monoisotopic (exact) mass is 388 g/mol. The van der Waals surface area contributed by atoms with Gasteiger partial charge in [0.15, 0.2) is 5.82 Å². The van der Waals surface area contributed by atoms with Crippen LogP contribution in [0.2, 0.25) is 0 Å². The Balaban J connectivity index is 1.92. The standard InChI is InChI=1S/C23H20N2O4/c1-3-15-9-11-16(12-10-15)20-19(21(26)17-7-5-4-6-8-17)22(27)23(28)25(20)18-13-14(2)29-24-18/h4-13,20,26H,3H2,1-2H3/t20-/m0/s1. The van der Waals surface area contributed by atoms with Crippen LogP contribution in [-0.4, -0.2) is 22.0 Å². The molecule has 1 amide bonds. The number of aromatic nitrogens is 1. The number of ketones is 1. The van der Waals surface area contributed by atoms with Crippen LogP contribution in [-0.2, 0) is 16.0 Å². The van der Waals surface area contributed by atoms with Gasteiger partial charge < -0.3 is 9.63 Å². The largest absolute Gasteiger partial charge is 0.507 e. The molecular formula is C23H20N2O4. The average molecular weight is 388 g/mol. The first kappa shape index (κ1) is 18.7. The van der Waals surface area contributed by atoms with E-state index in [9.17, 15) is 14.7 Å². The zero-order valence-corrected chi connectivity index (χ0v) is 16.1. The molecule has 0 unspecified atom stereocenters. The maximum atomic E-state index is 12.9. The van der Waals surface area contributed by atoms with Gasteiger partial charge in [-0.1, -0.05) is 66.7 Å². The molecule has 0 bridgehead atoms. The van der Waals surface area contributed by atoms with Crippen LogP contribution in [0.25, 0.3) is 5.76 Å². The number of aryl methyl sites for hydroxylation is 2. The fourth-order valence-electron chi connectivity index (χ4n) is 3.54. The van der Waals surface area contributed by atoms with Gasteiger partial charge in [-0.2, -0.15) is 0 Å². The zero-order valence-electron chi connectivity index (χ0n) is 16.1. The number of benzene rings is 2. The fourth-order valence-corrected chi connectivity index (χ4v) is 3.54. The second kappa shape index (κ2) is 7.39. The summed E-state index contributed by atoms with van der Waals surface area (Å²) in [6, 6.07) is 17.2. The van der Waals surface area contributed by atoms with E-state index in [4.69, 9.17) is 4.52 Å². The number of carbonyl (C=O) groups is 2. The molecule has 0 spiro atoms. The molecule has 1 aliphatic heterocycles. The average Bonchev–Trinajstić information content (AvgIpc) is 3.29. The molecular weight excluding hydrogens is 368 g/mol. The van der Waals surface area contributed by atoms with E-state index < -0.39 is 17.7 Å². The lowest BCUT2D eigenvalue weighted by molar-refractivity contribution is -0.132. The summed E-state index contributed by atoms with van der Waals surface area (Å²) in [7, 11) is 0. The molecule has 1 N–H and O–H groups in total. The maximum Gasteiger partial charge on any atom is 0.301 e. The van der Waals surface area contributed by atoms with E-state index in [1.54, 1.807) is 37.3 Å². The molecule has 0 aliphatic carbocycles. The molecule has 2 aromatic carbocycles. The van der Waals surface area contributed by atoms with E-state index in [1.807, 2.05) is 30.3 Å². The number of rotatable bonds is 4. The van der Waals surface area contributed by atoms with Crippen LogP contribution < -0.4 is 4.90 Å². The van der Waals surface area contributed by atoms with E-state index in [-0.39, 0.29) is 17.2 Å². The minimum atomic E-state index is -0.800. The molecule has 0 radical (unpaired) electrons. The van der Waals surface area contributed by atoms with Crippen molar-refractivity contribution < 1.29 is 19.2 Å². The number of amides is 1. The molecule has 2 heterocycles. The molecule has 1 saturated heterocycles. The van der Waals surface area contributed by atoms with Gasteiger partial charge in [-0.05, 0) is 24.5 Å². The quantitative estimate of drug-likeness (QED) is 0.412. The smallest absolute Gasteiger partial charge is 0.301 e. The summed E-state index contributed by atoms with van der Waals surface area (Å²) in [4.78, 5) is 27.2. The molecule has 1 aromatic heterocycles. The predicted molar refractivity (Wildman–Crippen MR) is 108 cm³/mol. The Morgan fingerprint density at radius 3 is 2.38 bits per heavy atom. The second-order valence-electron chi connectivity index (χ2n) is 6.93. The number of hydrogen-bond acceptors (Lipinski definition) is 5. The molecule has 29 heavy (non-hydrogen) atoms. The number of hydrogen-bond donors (Lipinski definition) is 1. The summed E-state index contributed by atoms with van der Waals surface area (Å²) < 4.78 is 5.13. The van der Waals surface area contributed by atoms with Crippen molar-refractivity contribution in [3.8, 4) is 0 Å². The van der Waals surface area contributed by atoms with E-state index in [2.05, 4.69) is 12.1 Å². The Kier molecular flexibility index (Phi) is 4.76. The molecule has 146 valence electrons. The van der Waals surface area contributed by atoms with Crippen molar-refractivity contribution in [3.63, 3.8) is 0 Å². The van der Waals surface area contributed by atoms with Crippen LogP contribution in [0.5, 0.6) is 0 Å². The fraction of sp³-hybridized carbons (Fsp3) is 0.174. The highest BCUT2D eigenvalue weighted by Crippen LogP contribution is 2.41. The number of carbonyl (C=O) groups excluding carboxylic acids is 2. The van der Waals surface area contributed by atoms with Crippen molar-refractivity contribution in [2.24, 2.45) is 0 Å². The summed E-state index contributed by atoms with van der Waals surface area (Å²) in [6.45, 7) is 3.76. The number of nitrogens with zero attached hydrogens (tertiary/aromatic N) is 2. The third-order valence-electron chi connectivity index (χ3n) is 5.06. The number of aliphatic hydroxyl groups is 1. The van der Waals surface area contributed by atoms with Gasteiger partial charge in [-0.3, -0.25) is 14.5 Å². The number of anilines is 1. The van der Waals surface area contributed by atoms with E-state index >= 15 is 0 Å². The highest BCUT2D eigenvalue weighted by molar-refractivity contribution is 6.51. The van der Waals surface area contributed by atoms with Crippen molar-refractivity contribution in [2.75, 3.05) is 4.90 Å². The van der Waals surface area contributed by atoms with Gasteiger partial charge in [0.1, 0.15) is 11.5 Å². The van der Waals surface area contributed by atoms with Crippen LogP contribution in [0.15, 0.2) is 70.8 Å². The normalized spacial score (nSPS) is 18.4. The SMILES string of the molecule is CCc1ccc([C@H]2C(=C(O)c3ccccc3)C(=O)C(=O)N2c2cc(C)on2)cc1. The minimum Gasteiger partial charge on any atom is -0.507 e. The van der Waals surface area contributed by atoms with E-state index in [0.717, 1.165) is 12.0 Å². The van der Waals surface area contributed by atoms with Crippen molar-refractivity contribution in [2.45, 2.75) is 26.3 Å². The molecule has 3 aromatic rings. The van der Waals surface area contributed by atoms with Crippen molar-refractivity contribution in [1.29, 1.82) is 0 Å². The molecule has 1 atom stereocenters. The topological polar surface area (TPSA) is 83.6 Å². The van der Waals surface area contributed by atoms with Crippen molar-refractivity contribution >= 4 is 23.3 Å². The highest BCUT2D eigenvalue weighted by atomic mass is 16.5. The third kappa shape index (κ3) is 3.23. The summed E-state index contributed by atoms with van der Waals surface area (Å²) in [5.41, 5.74) is 2.34. The van der Waals surface area contributed by atoms with Crippen LogP contribution in [0.3, 0.4) is 0 Å². The lowest BCUT2D eigenvalue weighted by Gasteiger charge is -2.23. The van der Waals surface area contributed by atoms with Gasteiger partial charge in [-0.15, -0.1) is 0 Å². The number of aliphatic hydroxyl groups excluding tert-OH is 1. The molecule has 6 nitrogen and oxygen atoms in total. The lowest BCUT2D eigenvalue weighted by atomic mass is 9.94. The molecule has 1 fully saturated rings. The van der Waals surface area contributed by atoms with Gasteiger partial charge in [0.2, 0.25) is 0 Å². The Hall–Kier alpha value is -3.67. The second-order valence-corrected chi connectivity index (χ2v) is 6.93. The van der Waals surface area contributed by atoms with Gasteiger partial charge in [0.05, 0.1) is 11.6 Å². The van der Waals surface area contributed by atoms with Gasteiger partial charge in [-0.25, -0.2) is 0 Å². The summed E-state index contributed by atoms with van der Waals surface area (Å²) in [5, 5.41) is 14.9. The lowest BCUT2D eigenvalue weighted by Crippen LogP contribution is -2.29. The highest BCUT2D eigenvalue weighted by Gasteiger charge is 2.48. The summed E-state index contributed by atoms with van der Waals surface area (Å²) in [5.74, 6) is -0.959. The van der Waals surface area contributed by atoms with Gasteiger partial charge in [0, 0.05) is 11.6 Å². The Morgan fingerprint density at radius 1 is 1.10 bits per heavy atom. The van der Waals surface area contributed by atoms with Gasteiger partial charge in [0.25, 0.3) is 5.78 Å². The van der Waals surface area contributed by atoms with Crippen molar-refractivity contribution in [1.82, 2.24) is 5.16 Å². The van der Waals surface area contributed by atoms with E-state index in [1.165, 1.54) is 4.90 Å². The summed E-state index contributed by atoms with van der Waals surface area (Å²) in [6.07, 6.45) is 0.868. The molecule has 4 rings (SSSR count). The van der Waals surface area contributed by atoms with Crippen LogP contribution in [0.4, 0.5) is 5.82 Å². The summed E-state index contributed by atoms with van der Waals surface area (Å²) >= 11 is 0. The minimum absolute atomic E-state index is 0.0334. The first-order valence-corrected chi connectivity index (χ1v) is 9.39. The molecule has 6 heteroatoms. The zero-order chi connectivity index (χ0) is 20.5. The first-order chi connectivity index (χ1) is 14.0. The van der Waals surface area contributed by atoms with Crippen LogP contribution in [0.1, 0.15) is 35.4 Å². The van der Waals surface area contributed by atoms with E-state index in [0.29, 0.717) is 16.9 Å². The van der Waals surface area contributed by atoms with Crippen molar-refractivity contribution in [3.05, 3.63) is 88.7 Å². The molecule has 0 saturated carbocycles. The number of Topliss-reactive ketones (excluding diaryl/α,β-unsaturated/α-hetero) is 1. The Bertz CT molecular complexity index is 1100. The third-order valence-corrected chi connectivity index (χ3v) is 5.06. The van der Waals surface area contributed by atoms with Crippen LogP contribution >= 0.6 is 0 Å². The maximum absolute atomic E-state index is 12.9. The Labute approximate surface area is 168 Å². The van der Waals surface area contributed by atoms with Gasteiger partial charge >= 0.3 is 5.91 Å². The first-order valence-electron chi connectivity index (χ1n) is 9.39. The molecule has 1 aliphatic rings.